The van der Waals surface area contributed by atoms with Gasteiger partial charge in [0, 0.05) is 44.8 Å². The first-order valence-electron chi connectivity index (χ1n) is 8.32. The molecule has 1 aliphatic rings. The average Bonchev–Trinajstić information content (AvgIpc) is 3.03. The minimum Gasteiger partial charge on any atom is -0.357 e. The van der Waals surface area contributed by atoms with E-state index >= 15 is 0 Å². The summed E-state index contributed by atoms with van der Waals surface area (Å²) in [5.41, 5.74) is 0.185. The van der Waals surface area contributed by atoms with Gasteiger partial charge in [-0.3, -0.25) is 9.69 Å². The zero-order valence-corrected chi connectivity index (χ0v) is 17.1. The van der Waals surface area contributed by atoms with Gasteiger partial charge < -0.3 is 10.6 Å². The van der Waals surface area contributed by atoms with Crippen molar-refractivity contribution in [1.82, 2.24) is 19.8 Å². The number of carbonyl (C=O) groups is 1. The Balaban J connectivity index is 0.000000260. The van der Waals surface area contributed by atoms with Crippen LogP contribution >= 0.6 is 23.3 Å². The van der Waals surface area contributed by atoms with Crippen molar-refractivity contribution in [3.8, 4) is 0 Å². The Bertz CT molecular complexity index is 513. The maximum Gasteiger partial charge on any atom is 0.207 e. The second-order valence-corrected chi connectivity index (χ2v) is 9.08. The van der Waals surface area contributed by atoms with Gasteiger partial charge in [0.05, 0.1) is 4.21 Å². The molecule has 0 aromatic carbocycles. The van der Waals surface area contributed by atoms with Crippen molar-refractivity contribution in [3.05, 3.63) is 17.0 Å². The van der Waals surface area contributed by atoms with E-state index in [1.807, 2.05) is 13.1 Å². The minimum atomic E-state index is 0.185. The minimum absolute atomic E-state index is 0.185. The topological polar surface area (TPSA) is 77.0 Å². The second kappa shape index (κ2) is 11.6. The Morgan fingerprint density at radius 2 is 2.08 bits per heavy atom. The Morgan fingerprint density at radius 3 is 2.60 bits per heavy atom. The highest BCUT2D eigenvalue weighted by atomic mass is 32.2. The van der Waals surface area contributed by atoms with Crippen LogP contribution in [-0.4, -0.2) is 67.5 Å². The Hall–Kier alpha value is -1.000. The zero-order chi connectivity index (χ0) is 18.7. The molecule has 0 spiro atoms. The van der Waals surface area contributed by atoms with Crippen LogP contribution in [0.15, 0.2) is 21.5 Å². The van der Waals surface area contributed by atoms with Gasteiger partial charge in [-0.2, -0.15) is 0 Å². The van der Waals surface area contributed by atoms with Gasteiger partial charge >= 0.3 is 0 Å². The Labute approximate surface area is 158 Å². The number of hydrogen-bond donors (Lipinski definition) is 2. The summed E-state index contributed by atoms with van der Waals surface area (Å²) in [4.78, 5) is 22.3. The molecule has 25 heavy (non-hydrogen) atoms. The molecule has 1 aliphatic heterocycles. The summed E-state index contributed by atoms with van der Waals surface area (Å²) in [7, 11) is 2.05. The van der Waals surface area contributed by atoms with Crippen LogP contribution in [0.2, 0.25) is 0 Å². The van der Waals surface area contributed by atoms with E-state index in [9.17, 15) is 9.70 Å². The quantitative estimate of drug-likeness (QED) is 0.324. The third-order valence-electron chi connectivity index (χ3n) is 3.77. The van der Waals surface area contributed by atoms with E-state index in [0.717, 1.165) is 49.9 Å². The molecule has 0 bridgehead atoms. The van der Waals surface area contributed by atoms with E-state index in [0.29, 0.717) is 5.00 Å². The van der Waals surface area contributed by atoms with Crippen LogP contribution in [0.3, 0.4) is 0 Å². The first-order valence-corrected chi connectivity index (χ1v) is 9.91. The largest absolute Gasteiger partial charge is 0.357 e. The maximum absolute atomic E-state index is 10.2. The predicted molar refractivity (Wildman–Crippen MR) is 107 cm³/mol. The SMILES string of the molecule is CN(CCNC=O)C(C)(C)C.O=Nc1ccc(SN2CCNCC2)s1. The van der Waals surface area contributed by atoms with Gasteiger partial charge in [0.25, 0.3) is 0 Å². The van der Waals surface area contributed by atoms with Gasteiger partial charge in [0.1, 0.15) is 0 Å². The molecule has 0 unspecified atom stereocenters. The van der Waals surface area contributed by atoms with E-state index < -0.39 is 0 Å². The summed E-state index contributed by atoms with van der Waals surface area (Å²) in [5, 5.41) is 9.39. The van der Waals surface area contributed by atoms with Crippen molar-refractivity contribution in [2.75, 3.05) is 46.3 Å². The van der Waals surface area contributed by atoms with Gasteiger partial charge in [-0.05, 0) is 57.1 Å². The molecule has 0 saturated carbocycles. The van der Waals surface area contributed by atoms with Crippen molar-refractivity contribution in [3.63, 3.8) is 0 Å². The third kappa shape index (κ3) is 9.31. The Kier molecular flexibility index (Phi) is 10.2. The molecule has 0 radical (unpaired) electrons. The van der Waals surface area contributed by atoms with Gasteiger partial charge in [-0.15, -0.1) is 16.2 Å². The molecule has 2 N–H and O–H groups in total. The maximum atomic E-state index is 10.2. The lowest BCUT2D eigenvalue weighted by atomic mass is 10.1. The fourth-order valence-corrected chi connectivity index (χ4v) is 3.88. The summed E-state index contributed by atoms with van der Waals surface area (Å²) in [5.74, 6) is 0. The number of piperazine rings is 1. The number of amides is 1. The van der Waals surface area contributed by atoms with E-state index in [1.54, 1.807) is 18.0 Å². The van der Waals surface area contributed by atoms with Crippen molar-refractivity contribution in [2.45, 2.75) is 30.5 Å². The summed E-state index contributed by atoms with van der Waals surface area (Å²) in [6.45, 7) is 12.2. The predicted octanol–water partition coefficient (Wildman–Crippen LogP) is 2.52. The van der Waals surface area contributed by atoms with Crippen molar-refractivity contribution in [1.29, 1.82) is 0 Å². The summed E-state index contributed by atoms with van der Waals surface area (Å²) >= 11 is 3.16. The van der Waals surface area contributed by atoms with Gasteiger partial charge in [-0.25, -0.2) is 4.31 Å². The molecule has 1 aromatic heterocycles. The number of likely N-dealkylation sites (N-methyl/N-ethyl adjacent to an activating group) is 1. The van der Waals surface area contributed by atoms with Crippen molar-refractivity contribution in [2.24, 2.45) is 5.18 Å². The highest BCUT2D eigenvalue weighted by molar-refractivity contribution is 7.99. The molecule has 1 amide bonds. The molecule has 0 atom stereocenters. The monoisotopic (exact) mass is 387 g/mol. The van der Waals surface area contributed by atoms with Crippen molar-refractivity contribution >= 4 is 34.7 Å². The lowest BCUT2D eigenvalue weighted by Crippen LogP contribution is -2.41. The summed E-state index contributed by atoms with van der Waals surface area (Å²) < 4.78 is 3.44. The van der Waals surface area contributed by atoms with Crippen LogP contribution in [0, 0.1) is 4.91 Å². The van der Waals surface area contributed by atoms with E-state index in [2.05, 4.69) is 45.8 Å². The molecule has 2 rings (SSSR count). The van der Waals surface area contributed by atoms with E-state index in [-0.39, 0.29) is 5.54 Å². The molecule has 1 fully saturated rings. The molecule has 1 aromatic rings. The molecule has 9 heteroatoms. The molecule has 2 heterocycles. The fourth-order valence-electron chi connectivity index (χ4n) is 1.90. The molecule has 142 valence electrons. The van der Waals surface area contributed by atoms with Crippen LogP contribution in [0.4, 0.5) is 5.00 Å². The number of thiophene rings is 1. The zero-order valence-electron chi connectivity index (χ0n) is 15.4. The van der Waals surface area contributed by atoms with Crippen LogP contribution in [-0.2, 0) is 4.79 Å². The normalized spacial score (nSPS) is 15.4. The lowest BCUT2D eigenvalue weighted by Gasteiger charge is -2.31. The first-order chi connectivity index (χ1) is 11.9. The number of rotatable bonds is 7. The number of carbonyl (C=O) groups excluding carboxylic acids is 1. The lowest BCUT2D eigenvalue weighted by molar-refractivity contribution is -0.109. The number of nitroso groups, excluding NO2 is 1. The van der Waals surface area contributed by atoms with Gasteiger partial charge in [-0.1, -0.05) is 0 Å². The van der Waals surface area contributed by atoms with E-state index in [4.69, 9.17) is 0 Å². The summed E-state index contributed by atoms with van der Waals surface area (Å²) in [6.07, 6.45) is 0.733. The standard InChI is InChI=1S/C8H11N3OS2.C8H18N2O/c12-10-7-1-2-8(13-7)14-11-5-3-9-4-6-11;1-8(2,3)10(4)6-5-9-7-11/h1-2,9H,3-6H2;7H,5-6H2,1-4H3,(H,9,11). The smallest absolute Gasteiger partial charge is 0.207 e. The van der Waals surface area contributed by atoms with Gasteiger partial charge in [0.2, 0.25) is 6.41 Å². The number of hydrogen-bond acceptors (Lipinski definition) is 8. The van der Waals surface area contributed by atoms with Crippen LogP contribution < -0.4 is 10.6 Å². The molecule has 1 saturated heterocycles. The van der Waals surface area contributed by atoms with Gasteiger partial charge in [0.15, 0.2) is 5.00 Å². The summed E-state index contributed by atoms with van der Waals surface area (Å²) in [6, 6.07) is 3.72. The molecular formula is C16H29N5O2S2. The first kappa shape index (κ1) is 22.0. The number of nitrogens with one attached hydrogen (secondary N) is 2. The average molecular weight is 388 g/mol. The van der Waals surface area contributed by atoms with Crippen LogP contribution in [0.25, 0.3) is 0 Å². The molecular weight excluding hydrogens is 358 g/mol. The van der Waals surface area contributed by atoms with E-state index in [1.165, 1.54) is 11.3 Å². The molecule has 0 aliphatic carbocycles. The second-order valence-electron chi connectivity index (χ2n) is 6.62. The highest BCUT2D eigenvalue weighted by Gasteiger charge is 2.15. The third-order valence-corrected chi connectivity index (χ3v) is 5.94. The molecule has 7 nitrogen and oxygen atoms in total. The highest BCUT2D eigenvalue weighted by Crippen LogP contribution is 2.34. The Morgan fingerprint density at radius 1 is 1.40 bits per heavy atom. The van der Waals surface area contributed by atoms with Crippen LogP contribution in [0.5, 0.6) is 0 Å². The number of nitrogens with zero attached hydrogens (tertiary/aromatic N) is 3. The fraction of sp³-hybridized carbons (Fsp3) is 0.688. The van der Waals surface area contributed by atoms with Crippen LogP contribution in [0.1, 0.15) is 20.8 Å². The van der Waals surface area contributed by atoms with Crippen molar-refractivity contribution < 1.29 is 4.79 Å².